The number of nitrogens with zero attached hydrogens (tertiary/aromatic N) is 1. The van der Waals surface area contributed by atoms with E-state index in [1.807, 2.05) is 32.0 Å². The minimum atomic E-state index is -0.342. The first-order valence-electron chi connectivity index (χ1n) is 10.0. The van der Waals surface area contributed by atoms with Gasteiger partial charge in [-0.2, -0.15) is 0 Å². The Morgan fingerprint density at radius 3 is 2.53 bits per heavy atom. The van der Waals surface area contributed by atoms with Gasteiger partial charge in [-0.25, -0.2) is 0 Å². The molecule has 7 heteroatoms. The molecule has 7 nitrogen and oxygen atoms in total. The predicted molar refractivity (Wildman–Crippen MR) is 115 cm³/mol. The summed E-state index contributed by atoms with van der Waals surface area (Å²) in [6.45, 7) is 4.41. The van der Waals surface area contributed by atoms with Gasteiger partial charge in [0.25, 0.3) is 5.91 Å². The molecule has 2 aromatic carbocycles. The van der Waals surface area contributed by atoms with Gasteiger partial charge in [0, 0.05) is 29.8 Å². The Bertz CT molecular complexity index is 940. The first-order valence-corrected chi connectivity index (χ1v) is 10.0. The van der Waals surface area contributed by atoms with E-state index >= 15 is 0 Å². The summed E-state index contributed by atoms with van der Waals surface area (Å²) < 4.78 is 5.37. The lowest BCUT2D eigenvalue weighted by molar-refractivity contribution is -0.120. The smallest absolute Gasteiger partial charge is 0.251 e. The van der Waals surface area contributed by atoms with Crippen LogP contribution in [-0.4, -0.2) is 37.9 Å². The summed E-state index contributed by atoms with van der Waals surface area (Å²) in [4.78, 5) is 38.2. The van der Waals surface area contributed by atoms with Gasteiger partial charge in [0.05, 0.1) is 19.7 Å². The number of hydrogen-bond acceptors (Lipinski definition) is 4. The van der Waals surface area contributed by atoms with E-state index < -0.39 is 0 Å². The summed E-state index contributed by atoms with van der Waals surface area (Å²) in [5, 5.41) is 5.51. The molecule has 1 fully saturated rings. The molecule has 0 aromatic heterocycles. The molecule has 0 aliphatic carbocycles. The highest BCUT2D eigenvalue weighted by Gasteiger charge is 2.22. The van der Waals surface area contributed by atoms with Crippen LogP contribution in [0, 0.1) is 6.92 Å². The van der Waals surface area contributed by atoms with Crippen molar-refractivity contribution in [2.75, 3.05) is 25.1 Å². The van der Waals surface area contributed by atoms with Crippen LogP contribution in [0.5, 0.6) is 5.75 Å². The largest absolute Gasteiger partial charge is 0.496 e. The van der Waals surface area contributed by atoms with Crippen LogP contribution in [-0.2, 0) is 9.59 Å². The molecule has 2 aromatic rings. The van der Waals surface area contributed by atoms with E-state index in [1.165, 1.54) is 0 Å². The Hall–Kier alpha value is -3.35. The lowest BCUT2D eigenvalue weighted by Gasteiger charge is -2.18. The van der Waals surface area contributed by atoms with E-state index in [2.05, 4.69) is 10.6 Å². The lowest BCUT2D eigenvalue weighted by atomic mass is 10.0. The number of aryl methyl sites for hydroxylation is 1. The van der Waals surface area contributed by atoms with E-state index in [4.69, 9.17) is 4.74 Å². The van der Waals surface area contributed by atoms with Crippen molar-refractivity contribution < 1.29 is 19.1 Å². The molecule has 1 atom stereocenters. The average Bonchev–Trinajstić information content (AvgIpc) is 3.18. The van der Waals surface area contributed by atoms with Crippen molar-refractivity contribution in [2.45, 2.75) is 32.7 Å². The van der Waals surface area contributed by atoms with Gasteiger partial charge >= 0.3 is 0 Å². The molecule has 1 heterocycles. The first kappa shape index (κ1) is 21.4. The third-order valence-corrected chi connectivity index (χ3v) is 5.15. The Morgan fingerprint density at radius 2 is 1.90 bits per heavy atom. The monoisotopic (exact) mass is 409 g/mol. The Kier molecular flexibility index (Phi) is 6.72. The van der Waals surface area contributed by atoms with Crippen molar-refractivity contribution in [3.05, 3.63) is 59.2 Å². The number of carbonyl (C=O) groups excluding carboxylic acids is 3. The van der Waals surface area contributed by atoms with Gasteiger partial charge in [0.15, 0.2) is 0 Å². The Balaban J connectivity index is 1.53. The topological polar surface area (TPSA) is 87.7 Å². The second-order valence-electron chi connectivity index (χ2n) is 7.41. The number of hydrogen-bond donors (Lipinski definition) is 2. The van der Waals surface area contributed by atoms with Crippen molar-refractivity contribution in [1.29, 1.82) is 0 Å². The maximum absolute atomic E-state index is 12.4. The molecule has 3 rings (SSSR count). The van der Waals surface area contributed by atoms with E-state index in [0.29, 0.717) is 24.3 Å². The number of amides is 3. The van der Waals surface area contributed by atoms with Crippen LogP contribution in [0.4, 0.5) is 5.69 Å². The highest BCUT2D eigenvalue weighted by atomic mass is 16.5. The SMILES string of the molecule is COc1ccc(C)cc1C(C)NC(=O)CNC(=O)c1ccc(N2CCCC2=O)cc1. The molecule has 1 unspecified atom stereocenters. The van der Waals surface area contributed by atoms with E-state index in [-0.39, 0.29) is 30.3 Å². The van der Waals surface area contributed by atoms with E-state index in [0.717, 1.165) is 23.2 Å². The van der Waals surface area contributed by atoms with E-state index in [1.54, 1.807) is 36.3 Å². The minimum absolute atomic E-state index is 0.100. The number of carbonyl (C=O) groups is 3. The lowest BCUT2D eigenvalue weighted by Crippen LogP contribution is -2.38. The second kappa shape index (κ2) is 9.43. The van der Waals surface area contributed by atoms with Crippen LogP contribution in [0.3, 0.4) is 0 Å². The van der Waals surface area contributed by atoms with Crippen LogP contribution >= 0.6 is 0 Å². The second-order valence-corrected chi connectivity index (χ2v) is 7.41. The maximum atomic E-state index is 12.4. The Labute approximate surface area is 176 Å². The van der Waals surface area contributed by atoms with Gasteiger partial charge in [-0.15, -0.1) is 0 Å². The maximum Gasteiger partial charge on any atom is 0.251 e. The third-order valence-electron chi connectivity index (χ3n) is 5.15. The molecule has 0 bridgehead atoms. The van der Waals surface area contributed by atoms with Crippen molar-refractivity contribution in [1.82, 2.24) is 10.6 Å². The van der Waals surface area contributed by atoms with Crippen molar-refractivity contribution in [2.24, 2.45) is 0 Å². The fourth-order valence-electron chi connectivity index (χ4n) is 3.54. The Morgan fingerprint density at radius 1 is 1.17 bits per heavy atom. The molecule has 1 aliphatic rings. The number of anilines is 1. The summed E-state index contributed by atoms with van der Waals surface area (Å²) >= 11 is 0. The van der Waals surface area contributed by atoms with Crippen molar-refractivity contribution >= 4 is 23.4 Å². The van der Waals surface area contributed by atoms with Crippen LogP contribution in [0.1, 0.15) is 47.3 Å². The summed E-state index contributed by atoms with van der Waals surface area (Å²) in [6, 6.07) is 12.4. The fraction of sp³-hybridized carbons (Fsp3) is 0.348. The third kappa shape index (κ3) is 4.97. The van der Waals surface area contributed by atoms with Crippen LogP contribution in [0.2, 0.25) is 0 Å². The predicted octanol–water partition coefficient (Wildman–Crippen LogP) is 2.74. The molecule has 3 amide bonds. The molecule has 30 heavy (non-hydrogen) atoms. The normalized spacial score (nSPS) is 14.4. The van der Waals surface area contributed by atoms with Gasteiger partial charge in [0.2, 0.25) is 11.8 Å². The number of benzene rings is 2. The highest BCUT2D eigenvalue weighted by Crippen LogP contribution is 2.26. The first-order chi connectivity index (χ1) is 14.4. The van der Waals surface area contributed by atoms with Crippen molar-refractivity contribution in [3.63, 3.8) is 0 Å². The molecular weight excluding hydrogens is 382 g/mol. The molecule has 2 N–H and O–H groups in total. The number of rotatable bonds is 7. The molecular formula is C23H27N3O4. The van der Waals surface area contributed by atoms with Crippen LogP contribution in [0.25, 0.3) is 0 Å². The average molecular weight is 409 g/mol. The minimum Gasteiger partial charge on any atom is -0.496 e. The van der Waals surface area contributed by atoms with Gasteiger partial charge in [-0.05, 0) is 50.6 Å². The van der Waals surface area contributed by atoms with Crippen molar-refractivity contribution in [3.8, 4) is 5.75 Å². The zero-order chi connectivity index (χ0) is 21.7. The van der Waals surface area contributed by atoms with Gasteiger partial charge in [0.1, 0.15) is 5.75 Å². The standard InChI is InChI=1S/C23H27N3O4/c1-15-6-11-20(30-3)19(13-15)16(2)25-21(27)14-24-23(29)17-7-9-18(10-8-17)26-12-4-5-22(26)28/h6-11,13,16H,4-5,12,14H2,1-3H3,(H,24,29)(H,25,27). The molecule has 1 saturated heterocycles. The van der Waals surface area contributed by atoms with Gasteiger partial charge in [-0.3, -0.25) is 14.4 Å². The fourth-order valence-corrected chi connectivity index (χ4v) is 3.54. The van der Waals surface area contributed by atoms with Crippen LogP contribution < -0.4 is 20.3 Å². The molecule has 1 aliphatic heterocycles. The van der Waals surface area contributed by atoms with E-state index in [9.17, 15) is 14.4 Å². The zero-order valence-electron chi connectivity index (χ0n) is 17.5. The zero-order valence-corrected chi connectivity index (χ0v) is 17.5. The highest BCUT2D eigenvalue weighted by molar-refractivity contribution is 5.98. The van der Waals surface area contributed by atoms with Gasteiger partial charge < -0.3 is 20.3 Å². The molecule has 0 spiro atoms. The summed E-state index contributed by atoms with van der Waals surface area (Å²) in [6.07, 6.45) is 1.41. The molecule has 158 valence electrons. The summed E-state index contributed by atoms with van der Waals surface area (Å²) in [7, 11) is 1.59. The number of methoxy groups -OCH3 is 1. The number of nitrogens with one attached hydrogen (secondary N) is 2. The summed E-state index contributed by atoms with van der Waals surface area (Å²) in [5.41, 5.74) is 3.17. The number of ether oxygens (including phenoxy) is 1. The molecule has 0 saturated carbocycles. The molecule has 0 radical (unpaired) electrons. The van der Waals surface area contributed by atoms with Gasteiger partial charge in [-0.1, -0.05) is 17.7 Å². The quantitative estimate of drug-likeness (QED) is 0.736. The van der Waals surface area contributed by atoms with Crippen LogP contribution in [0.15, 0.2) is 42.5 Å². The summed E-state index contributed by atoms with van der Waals surface area (Å²) in [5.74, 6) is 0.168.